The fourth-order valence-corrected chi connectivity index (χ4v) is 1.09. The Bertz CT molecular complexity index is 184. The van der Waals surface area contributed by atoms with E-state index in [4.69, 9.17) is 5.11 Å². The van der Waals surface area contributed by atoms with Crippen LogP contribution in [0.15, 0.2) is 12.3 Å². The summed E-state index contributed by atoms with van der Waals surface area (Å²) in [5.41, 5.74) is 0. The van der Waals surface area contributed by atoms with Gasteiger partial charge in [-0.2, -0.15) is 0 Å². The van der Waals surface area contributed by atoms with E-state index < -0.39 is 5.97 Å². The zero-order valence-corrected chi connectivity index (χ0v) is 8.65. The van der Waals surface area contributed by atoms with Crippen LogP contribution in [0.1, 0.15) is 6.92 Å². The van der Waals surface area contributed by atoms with Crippen LogP contribution in [0.5, 0.6) is 0 Å². The van der Waals surface area contributed by atoms with Gasteiger partial charge in [0.15, 0.2) is 0 Å². The monoisotopic (exact) mass is 236 g/mol. The number of nitrogens with zero attached hydrogens (tertiary/aromatic N) is 2. The van der Waals surface area contributed by atoms with E-state index in [1.54, 1.807) is 11.2 Å². The first kappa shape index (κ1) is 11.4. The van der Waals surface area contributed by atoms with Crippen molar-refractivity contribution in [3.8, 4) is 0 Å². The molecule has 1 N–H and O–H groups in total. The number of hydrazine groups is 1. The van der Waals surface area contributed by atoms with Crippen molar-refractivity contribution in [2.75, 3.05) is 19.6 Å². The predicted molar refractivity (Wildman–Crippen MR) is 51.1 cm³/mol. The lowest BCUT2D eigenvalue weighted by Gasteiger charge is -2.25. The number of carbonyl (C=O) groups is 1. The molecule has 0 aromatic rings. The van der Waals surface area contributed by atoms with Gasteiger partial charge in [0.25, 0.3) is 0 Å². The van der Waals surface area contributed by atoms with E-state index in [1.165, 1.54) is 0 Å². The van der Waals surface area contributed by atoms with Gasteiger partial charge in [-0.3, -0.25) is 4.79 Å². The Kier molecular flexibility index (Phi) is 4.92. The summed E-state index contributed by atoms with van der Waals surface area (Å²) in [5, 5.41) is 12.2. The fraction of sp³-hybridized carbons (Fsp3) is 0.571. The Morgan fingerprint density at radius 1 is 1.67 bits per heavy atom. The van der Waals surface area contributed by atoms with Crippen LogP contribution < -0.4 is 0 Å². The molecule has 0 atom stereocenters. The Labute approximate surface area is 82.2 Å². The normalized spacial score (nSPS) is 16.2. The molecule has 0 saturated carbocycles. The second kappa shape index (κ2) is 5.16. The number of carboxylic acid groups (broad SMARTS) is 1. The molecule has 0 bridgehead atoms. The minimum absolute atomic E-state index is 0. The van der Waals surface area contributed by atoms with Gasteiger partial charge < -0.3 is 10.1 Å². The molecular formula is C7H13BrN2O2. The highest BCUT2D eigenvalue weighted by molar-refractivity contribution is 8.93. The van der Waals surface area contributed by atoms with Gasteiger partial charge in [0.2, 0.25) is 0 Å². The van der Waals surface area contributed by atoms with E-state index in [0.29, 0.717) is 0 Å². The molecule has 0 aromatic carbocycles. The molecular weight excluding hydrogens is 224 g/mol. The lowest BCUT2D eigenvalue weighted by atomic mass is 10.6. The number of carboxylic acids is 1. The average Bonchev–Trinajstić information content (AvgIpc) is 2.34. The van der Waals surface area contributed by atoms with Gasteiger partial charge in [0, 0.05) is 19.3 Å². The quantitative estimate of drug-likeness (QED) is 0.785. The summed E-state index contributed by atoms with van der Waals surface area (Å²) in [5.74, 6) is -0.796. The first-order valence-corrected chi connectivity index (χ1v) is 3.64. The largest absolute Gasteiger partial charge is 0.480 e. The smallest absolute Gasteiger partial charge is 0.324 e. The molecule has 0 fully saturated rings. The Balaban J connectivity index is 0.00000121. The number of aliphatic carboxylic acids is 1. The highest BCUT2D eigenvalue weighted by atomic mass is 79.9. The number of halogens is 1. The lowest BCUT2D eigenvalue weighted by Crippen LogP contribution is -2.38. The maximum atomic E-state index is 10.3. The second-order valence-electron chi connectivity index (χ2n) is 2.38. The third-order valence-corrected chi connectivity index (χ3v) is 1.62. The summed E-state index contributed by atoms with van der Waals surface area (Å²) in [7, 11) is 0. The number of hydrogen-bond acceptors (Lipinski definition) is 3. The Morgan fingerprint density at radius 2 is 2.33 bits per heavy atom. The van der Waals surface area contributed by atoms with Crippen molar-refractivity contribution < 1.29 is 9.90 Å². The molecule has 0 amide bonds. The van der Waals surface area contributed by atoms with Crippen LogP contribution in [0, 0.1) is 0 Å². The van der Waals surface area contributed by atoms with E-state index in [9.17, 15) is 4.79 Å². The van der Waals surface area contributed by atoms with Crippen molar-refractivity contribution >= 4 is 23.0 Å². The molecule has 1 rings (SSSR count). The van der Waals surface area contributed by atoms with Gasteiger partial charge in [0.1, 0.15) is 6.54 Å². The molecule has 0 spiro atoms. The molecule has 12 heavy (non-hydrogen) atoms. The summed E-state index contributed by atoms with van der Waals surface area (Å²) < 4.78 is 0. The highest BCUT2D eigenvalue weighted by Crippen LogP contribution is 2.05. The van der Waals surface area contributed by atoms with Crippen LogP contribution in [-0.2, 0) is 4.79 Å². The SMILES string of the molecule is Br.CCN1CC=CN1CC(=O)O. The molecule has 4 nitrogen and oxygen atoms in total. The van der Waals surface area contributed by atoms with Crippen LogP contribution >= 0.6 is 17.0 Å². The lowest BCUT2D eigenvalue weighted by molar-refractivity contribution is -0.140. The second-order valence-corrected chi connectivity index (χ2v) is 2.38. The fourth-order valence-electron chi connectivity index (χ4n) is 1.09. The standard InChI is InChI=1S/C7H12N2O2.BrH/c1-2-8-4-3-5-9(8)6-7(10)11;/h3,5H,2,4,6H2,1H3,(H,10,11);1H. The third-order valence-electron chi connectivity index (χ3n) is 1.62. The van der Waals surface area contributed by atoms with Gasteiger partial charge in [-0.1, -0.05) is 13.0 Å². The highest BCUT2D eigenvalue weighted by Gasteiger charge is 2.15. The summed E-state index contributed by atoms with van der Waals surface area (Å²) in [6, 6.07) is 0. The first-order chi connectivity index (χ1) is 5.24. The van der Waals surface area contributed by atoms with Gasteiger partial charge in [-0.25, -0.2) is 5.01 Å². The molecule has 1 heterocycles. The number of hydrogen-bond donors (Lipinski definition) is 1. The van der Waals surface area contributed by atoms with E-state index in [0.717, 1.165) is 13.1 Å². The maximum absolute atomic E-state index is 10.3. The molecule has 0 saturated heterocycles. The first-order valence-electron chi connectivity index (χ1n) is 3.64. The van der Waals surface area contributed by atoms with Crippen molar-refractivity contribution in [1.82, 2.24) is 10.0 Å². The Hall–Kier alpha value is -0.550. The Morgan fingerprint density at radius 3 is 2.83 bits per heavy atom. The van der Waals surface area contributed by atoms with Crippen molar-refractivity contribution in [2.45, 2.75) is 6.92 Å². The van der Waals surface area contributed by atoms with Gasteiger partial charge in [-0.05, 0) is 0 Å². The van der Waals surface area contributed by atoms with Crippen molar-refractivity contribution in [1.29, 1.82) is 0 Å². The number of rotatable bonds is 3. The van der Waals surface area contributed by atoms with E-state index in [1.807, 2.05) is 18.0 Å². The molecule has 0 aliphatic carbocycles. The van der Waals surface area contributed by atoms with Crippen LogP contribution in [0.4, 0.5) is 0 Å². The molecule has 0 aromatic heterocycles. The minimum Gasteiger partial charge on any atom is -0.480 e. The summed E-state index contributed by atoms with van der Waals surface area (Å²) in [4.78, 5) is 10.3. The van der Waals surface area contributed by atoms with E-state index >= 15 is 0 Å². The summed E-state index contributed by atoms with van der Waals surface area (Å²) in [6.45, 7) is 3.73. The molecule has 1 aliphatic heterocycles. The molecule has 0 radical (unpaired) electrons. The van der Waals surface area contributed by atoms with Crippen LogP contribution in [0.2, 0.25) is 0 Å². The van der Waals surface area contributed by atoms with Crippen LogP contribution in [0.25, 0.3) is 0 Å². The molecule has 70 valence electrons. The summed E-state index contributed by atoms with van der Waals surface area (Å²) >= 11 is 0. The van der Waals surface area contributed by atoms with Crippen molar-refractivity contribution in [3.05, 3.63) is 12.3 Å². The van der Waals surface area contributed by atoms with E-state index in [-0.39, 0.29) is 23.5 Å². The topological polar surface area (TPSA) is 43.8 Å². The molecule has 5 heteroatoms. The minimum atomic E-state index is -0.796. The average molecular weight is 237 g/mol. The third kappa shape index (κ3) is 2.83. The zero-order chi connectivity index (χ0) is 8.27. The zero-order valence-electron chi connectivity index (χ0n) is 6.93. The van der Waals surface area contributed by atoms with Crippen LogP contribution in [-0.4, -0.2) is 40.7 Å². The maximum Gasteiger partial charge on any atom is 0.324 e. The predicted octanol–water partition coefficient (Wildman–Crippen LogP) is 0.715. The van der Waals surface area contributed by atoms with Crippen LogP contribution in [0.3, 0.4) is 0 Å². The molecule has 1 aliphatic rings. The van der Waals surface area contributed by atoms with Gasteiger partial charge >= 0.3 is 5.97 Å². The van der Waals surface area contributed by atoms with Gasteiger partial charge in [0.05, 0.1) is 0 Å². The van der Waals surface area contributed by atoms with E-state index in [2.05, 4.69) is 0 Å². The van der Waals surface area contributed by atoms with Crippen molar-refractivity contribution in [2.24, 2.45) is 0 Å². The van der Waals surface area contributed by atoms with Gasteiger partial charge in [-0.15, -0.1) is 17.0 Å². The van der Waals surface area contributed by atoms with Crippen molar-refractivity contribution in [3.63, 3.8) is 0 Å². The molecule has 0 unspecified atom stereocenters. The number of likely N-dealkylation sites (N-methyl/N-ethyl adjacent to an activating group) is 1. The summed E-state index contributed by atoms with van der Waals surface area (Å²) in [6.07, 6.45) is 3.75.